The van der Waals surface area contributed by atoms with Crippen molar-refractivity contribution in [1.82, 2.24) is 0 Å². The lowest BCUT2D eigenvalue weighted by Crippen LogP contribution is -2.29. The summed E-state index contributed by atoms with van der Waals surface area (Å²) in [5.74, 6) is 0. The quantitative estimate of drug-likeness (QED) is 0.681. The Morgan fingerprint density at radius 2 is 2.27 bits per heavy atom. The third kappa shape index (κ3) is 4.89. The summed E-state index contributed by atoms with van der Waals surface area (Å²) in [6, 6.07) is 0. The molecule has 1 heterocycles. The molecule has 0 amide bonds. The molecule has 1 fully saturated rings. The largest absolute Gasteiger partial charge is 0.801 e. The van der Waals surface area contributed by atoms with Crippen LogP contribution < -0.4 is 4.89 Å². The highest BCUT2D eigenvalue weighted by Gasteiger charge is 2.34. The summed E-state index contributed by atoms with van der Waals surface area (Å²) in [7, 11) is 0. The van der Waals surface area contributed by atoms with E-state index in [4.69, 9.17) is 25.8 Å². The SMILES string of the molecule is CCOC[C@H]1O[C@@H](C)C[C@H]1OP(C)([O-])=S. The van der Waals surface area contributed by atoms with Crippen molar-refractivity contribution in [3.05, 3.63) is 0 Å². The maximum absolute atomic E-state index is 11.4. The molecule has 1 saturated heterocycles. The summed E-state index contributed by atoms with van der Waals surface area (Å²) in [5.41, 5.74) is 0. The molecular formula is C9H18O4PS-. The Kier molecular flexibility index (Phi) is 5.16. The molecule has 6 heteroatoms. The minimum Gasteiger partial charge on any atom is -0.801 e. The Labute approximate surface area is 96.1 Å². The molecule has 0 spiro atoms. The van der Waals surface area contributed by atoms with Gasteiger partial charge in [0.15, 0.2) is 0 Å². The molecule has 1 aliphatic rings. The fraction of sp³-hybridized carbons (Fsp3) is 1.00. The van der Waals surface area contributed by atoms with Gasteiger partial charge in [0.2, 0.25) is 0 Å². The Bertz CT molecular complexity index is 242. The molecule has 0 aromatic heterocycles. The normalized spacial score (nSPS) is 35.3. The van der Waals surface area contributed by atoms with E-state index in [1.54, 1.807) is 0 Å². The van der Waals surface area contributed by atoms with Crippen molar-refractivity contribution in [3.8, 4) is 0 Å². The second-order valence-electron chi connectivity index (χ2n) is 3.80. The van der Waals surface area contributed by atoms with Crippen molar-refractivity contribution in [3.63, 3.8) is 0 Å². The van der Waals surface area contributed by atoms with Crippen LogP contribution in [0.2, 0.25) is 0 Å². The summed E-state index contributed by atoms with van der Waals surface area (Å²) in [6.45, 7) is 3.58. The molecule has 90 valence electrons. The average molecular weight is 253 g/mol. The number of ether oxygens (including phenoxy) is 2. The average Bonchev–Trinajstić information content (AvgIpc) is 2.39. The predicted molar refractivity (Wildman–Crippen MR) is 60.5 cm³/mol. The van der Waals surface area contributed by atoms with Crippen molar-refractivity contribution in [2.45, 2.75) is 38.6 Å². The molecule has 0 N–H and O–H groups in total. The number of rotatable bonds is 5. The molecule has 15 heavy (non-hydrogen) atoms. The molecule has 0 aromatic rings. The Morgan fingerprint density at radius 3 is 2.80 bits per heavy atom. The lowest BCUT2D eigenvalue weighted by molar-refractivity contribution is -0.186. The van der Waals surface area contributed by atoms with Crippen molar-refractivity contribution in [1.29, 1.82) is 0 Å². The fourth-order valence-corrected chi connectivity index (χ4v) is 2.70. The van der Waals surface area contributed by atoms with E-state index in [2.05, 4.69) is 0 Å². The van der Waals surface area contributed by atoms with Gasteiger partial charge in [-0.25, -0.2) is 0 Å². The monoisotopic (exact) mass is 253 g/mol. The highest BCUT2D eigenvalue weighted by molar-refractivity contribution is 8.08. The molecule has 4 atom stereocenters. The molecule has 0 aliphatic carbocycles. The van der Waals surface area contributed by atoms with Gasteiger partial charge < -0.3 is 18.9 Å². The van der Waals surface area contributed by atoms with Crippen LogP contribution in [0.25, 0.3) is 0 Å². The molecule has 1 aliphatic heterocycles. The van der Waals surface area contributed by atoms with Gasteiger partial charge in [0.25, 0.3) is 0 Å². The summed E-state index contributed by atoms with van der Waals surface area (Å²) < 4.78 is 16.2. The van der Waals surface area contributed by atoms with Crippen LogP contribution in [0.4, 0.5) is 0 Å². The van der Waals surface area contributed by atoms with Crippen LogP contribution in [0.1, 0.15) is 20.3 Å². The zero-order valence-corrected chi connectivity index (χ0v) is 11.1. The van der Waals surface area contributed by atoms with Crippen molar-refractivity contribution in [2.24, 2.45) is 0 Å². The smallest absolute Gasteiger partial charge is 0.108 e. The van der Waals surface area contributed by atoms with Crippen LogP contribution in [-0.4, -0.2) is 38.2 Å². The lowest BCUT2D eigenvalue weighted by Gasteiger charge is -2.29. The van der Waals surface area contributed by atoms with E-state index in [0.717, 1.165) is 6.42 Å². The highest BCUT2D eigenvalue weighted by atomic mass is 32.5. The predicted octanol–water partition coefficient (Wildman–Crippen LogP) is 0.885. The maximum atomic E-state index is 11.4. The Balaban J connectivity index is 2.49. The van der Waals surface area contributed by atoms with Gasteiger partial charge in [-0.2, -0.15) is 0 Å². The first kappa shape index (κ1) is 13.6. The van der Waals surface area contributed by atoms with Gasteiger partial charge in [-0.3, -0.25) is 0 Å². The minimum atomic E-state index is -2.86. The van der Waals surface area contributed by atoms with Gasteiger partial charge in [-0.15, -0.1) is 0 Å². The summed E-state index contributed by atoms with van der Waals surface area (Å²) in [4.78, 5) is 11.4. The Hall–Kier alpha value is 0.490. The van der Waals surface area contributed by atoms with E-state index in [1.165, 1.54) is 6.66 Å². The van der Waals surface area contributed by atoms with E-state index in [0.29, 0.717) is 13.2 Å². The van der Waals surface area contributed by atoms with Crippen LogP contribution in [-0.2, 0) is 25.8 Å². The van der Waals surface area contributed by atoms with Gasteiger partial charge in [-0.05, 0) is 27.0 Å². The molecule has 0 saturated carbocycles. The third-order valence-corrected chi connectivity index (χ3v) is 3.11. The first-order valence-corrected chi connectivity index (χ1v) is 8.21. The first-order chi connectivity index (χ1) is 6.92. The maximum Gasteiger partial charge on any atom is 0.108 e. The molecule has 1 unspecified atom stereocenters. The van der Waals surface area contributed by atoms with Crippen molar-refractivity contribution in [2.75, 3.05) is 19.9 Å². The highest BCUT2D eigenvalue weighted by Crippen LogP contribution is 2.38. The van der Waals surface area contributed by atoms with Crippen molar-refractivity contribution >= 4 is 18.3 Å². The van der Waals surface area contributed by atoms with Crippen LogP contribution in [0.5, 0.6) is 0 Å². The Morgan fingerprint density at radius 1 is 1.60 bits per heavy atom. The van der Waals surface area contributed by atoms with E-state index in [-0.39, 0.29) is 18.3 Å². The van der Waals surface area contributed by atoms with Gasteiger partial charge in [0.05, 0.1) is 18.8 Å². The van der Waals surface area contributed by atoms with Gasteiger partial charge in [-0.1, -0.05) is 11.8 Å². The van der Waals surface area contributed by atoms with Crippen LogP contribution in [0, 0.1) is 0 Å². The van der Waals surface area contributed by atoms with Gasteiger partial charge in [0.1, 0.15) is 6.10 Å². The lowest BCUT2D eigenvalue weighted by atomic mass is 10.1. The molecule has 4 nitrogen and oxygen atoms in total. The van der Waals surface area contributed by atoms with Gasteiger partial charge >= 0.3 is 0 Å². The second kappa shape index (κ2) is 5.71. The van der Waals surface area contributed by atoms with E-state index in [9.17, 15) is 4.89 Å². The zero-order chi connectivity index (χ0) is 11.5. The van der Waals surface area contributed by atoms with Crippen LogP contribution >= 0.6 is 6.49 Å². The van der Waals surface area contributed by atoms with E-state index >= 15 is 0 Å². The summed E-state index contributed by atoms with van der Waals surface area (Å²) in [5, 5.41) is 0. The molecule has 1 rings (SSSR count). The molecule has 0 radical (unpaired) electrons. The minimum absolute atomic E-state index is 0.113. The van der Waals surface area contributed by atoms with Crippen LogP contribution in [0.15, 0.2) is 0 Å². The third-order valence-electron chi connectivity index (χ3n) is 2.20. The summed E-state index contributed by atoms with van der Waals surface area (Å²) in [6.07, 6.45) is 0.504. The fourth-order valence-electron chi connectivity index (χ4n) is 1.66. The summed E-state index contributed by atoms with van der Waals surface area (Å²) >= 11 is 4.76. The molecular weight excluding hydrogens is 235 g/mol. The standard InChI is InChI=1S/C9H19O4PS/c1-4-11-6-9-8(5-7(2)12-9)13-14(3,10)15/h7-9H,4-6H2,1-3H3,(H,10,15)/p-1/t7-,8+,9+,14?/m0/s1. The molecule has 0 bridgehead atoms. The van der Waals surface area contributed by atoms with Crippen LogP contribution in [0.3, 0.4) is 0 Å². The van der Waals surface area contributed by atoms with E-state index < -0.39 is 6.49 Å². The zero-order valence-electron chi connectivity index (χ0n) is 9.34. The second-order valence-corrected chi connectivity index (χ2v) is 7.54. The van der Waals surface area contributed by atoms with E-state index in [1.807, 2.05) is 13.8 Å². The van der Waals surface area contributed by atoms with Gasteiger partial charge in [0, 0.05) is 13.0 Å². The first-order valence-electron chi connectivity index (χ1n) is 5.12. The number of hydrogen-bond acceptors (Lipinski definition) is 5. The van der Waals surface area contributed by atoms with Crippen molar-refractivity contribution < 1.29 is 18.9 Å². The molecule has 0 aromatic carbocycles. The number of hydrogen-bond donors (Lipinski definition) is 0. The topological polar surface area (TPSA) is 50.8 Å².